The molecule has 1 fully saturated rings. The Hall–Kier alpha value is -1.35. The van der Waals surface area contributed by atoms with Crippen molar-refractivity contribution >= 4 is 11.6 Å². The van der Waals surface area contributed by atoms with Gasteiger partial charge in [-0.25, -0.2) is 0 Å². The molecule has 3 heteroatoms. The summed E-state index contributed by atoms with van der Waals surface area (Å²) in [6, 6.07) is 8.32. The van der Waals surface area contributed by atoms with Crippen LogP contribution >= 0.6 is 0 Å². The number of fused-ring (bicyclic) bond motifs is 1. The van der Waals surface area contributed by atoms with Gasteiger partial charge in [0, 0.05) is 18.7 Å². The van der Waals surface area contributed by atoms with Crippen LogP contribution in [-0.4, -0.2) is 30.4 Å². The van der Waals surface area contributed by atoms with Crippen LogP contribution in [0.4, 0.5) is 5.69 Å². The van der Waals surface area contributed by atoms with E-state index in [1.165, 1.54) is 57.3 Å². The molecular weight excluding hydrogens is 308 g/mol. The molecule has 3 rings (SSSR count). The zero-order valence-electron chi connectivity index (χ0n) is 16.0. The molecule has 2 aliphatic rings. The van der Waals surface area contributed by atoms with E-state index in [1.54, 1.807) is 0 Å². The minimum absolute atomic E-state index is 0.174. The number of nitrogens with zero attached hydrogens (tertiary/aromatic N) is 1. The third-order valence-electron chi connectivity index (χ3n) is 6.04. The molecule has 0 aliphatic carbocycles. The van der Waals surface area contributed by atoms with Gasteiger partial charge in [-0.3, -0.25) is 4.79 Å². The number of unbranched alkanes of at least 4 members (excludes halogenated alkanes) is 1. The maximum Gasteiger partial charge on any atom is 0.224 e. The Kier molecular flexibility index (Phi) is 6.52. The van der Waals surface area contributed by atoms with E-state index >= 15 is 0 Å². The molecule has 25 heavy (non-hydrogen) atoms. The van der Waals surface area contributed by atoms with Crippen LogP contribution in [0.25, 0.3) is 0 Å². The number of likely N-dealkylation sites (tertiary alicyclic amines) is 1. The maximum atomic E-state index is 12.0. The summed E-state index contributed by atoms with van der Waals surface area (Å²) < 4.78 is 0. The maximum absolute atomic E-state index is 12.0. The van der Waals surface area contributed by atoms with Crippen molar-refractivity contribution in [2.75, 3.05) is 25.0 Å². The van der Waals surface area contributed by atoms with Crippen molar-refractivity contribution < 1.29 is 4.79 Å². The Morgan fingerprint density at radius 2 is 2.00 bits per heavy atom. The van der Waals surface area contributed by atoms with Crippen molar-refractivity contribution in [3.8, 4) is 0 Å². The van der Waals surface area contributed by atoms with Crippen LogP contribution in [0.3, 0.4) is 0 Å². The molecular formula is C22H34N2O. The summed E-state index contributed by atoms with van der Waals surface area (Å²) >= 11 is 0. The van der Waals surface area contributed by atoms with E-state index in [0.717, 1.165) is 18.0 Å². The first-order valence-corrected chi connectivity index (χ1v) is 10.3. The van der Waals surface area contributed by atoms with Gasteiger partial charge in [0.2, 0.25) is 5.91 Å². The van der Waals surface area contributed by atoms with Crippen molar-refractivity contribution in [3.63, 3.8) is 0 Å². The van der Waals surface area contributed by atoms with E-state index in [9.17, 15) is 4.79 Å². The number of carbonyl (C=O) groups excluding carboxylic acids is 1. The highest BCUT2D eigenvalue weighted by atomic mass is 16.1. The second-order valence-electron chi connectivity index (χ2n) is 8.26. The minimum Gasteiger partial charge on any atom is -0.326 e. The fourth-order valence-corrected chi connectivity index (χ4v) is 4.66. The van der Waals surface area contributed by atoms with Crippen LogP contribution < -0.4 is 5.32 Å². The van der Waals surface area contributed by atoms with Crippen molar-refractivity contribution in [3.05, 3.63) is 29.8 Å². The third-order valence-corrected chi connectivity index (χ3v) is 6.04. The van der Waals surface area contributed by atoms with Crippen LogP contribution in [0.2, 0.25) is 0 Å². The van der Waals surface area contributed by atoms with E-state index in [4.69, 9.17) is 0 Å². The molecule has 0 unspecified atom stereocenters. The number of carbonyl (C=O) groups is 1. The first-order valence-electron chi connectivity index (χ1n) is 10.3. The van der Waals surface area contributed by atoms with Gasteiger partial charge in [0.1, 0.15) is 0 Å². The molecule has 3 nitrogen and oxygen atoms in total. The summed E-state index contributed by atoms with van der Waals surface area (Å²) in [6.45, 7) is 8.36. The second kappa shape index (κ2) is 8.84. The van der Waals surface area contributed by atoms with Gasteiger partial charge in [0.05, 0.1) is 0 Å². The molecule has 1 amide bonds. The molecule has 1 N–H and O–H groups in total. The van der Waals surface area contributed by atoms with Crippen molar-refractivity contribution in [2.24, 2.45) is 11.8 Å². The van der Waals surface area contributed by atoms with Gasteiger partial charge in [0.25, 0.3) is 0 Å². The number of rotatable bonds is 7. The third kappa shape index (κ3) is 5.07. The molecule has 2 heterocycles. The first-order chi connectivity index (χ1) is 12.2. The molecule has 0 aromatic heterocycles. The molecule has 1 aromatic rings. The molecule has 1 aromatic carbocycles. The molecule has 2 atom stereocenters. The lowest BCUT2D eigenvalue weighted by atomic mass is 9.83. The summed E-state index contributed by atoms with van der Waals surface area (Å²) in [5.41, 5.74) is 2.35. The summed E-state index contributed by atoms with van der Waals surface area (Å²) in [4.78, 5) is 14.7. The topological polar surface area (TPSA) is 32.3 Å². The van der Waals surface area contributed by atoms with Crippen LogP contribution in [0.5, 0.6) is 0 Å². The Labute approximate surface area is 153 Å². The Morgan fingerprint density at radius 3 is 2.76 bits per heavy atom. The fourth-order valence-electron chi connectivity index (χ4n) is 4.66. The molecule has 2 aliphatic heterocycles. The lowest BCUT2D eigenvalue weighted by Gasteiger charge is -2.35. The number of anilines is 1. The zero-order valence-corrected chi connectivity index (χ0v) is 16.0. The fraction of sp³-hybridized carbons (Fsp3) is 0.682. The number of amides is 1. The van der Waals surface area contributed by atoms with Gasteiger partial charge in [0.15, 0.2) is 0 Å². The smallest absolute Gasteiger partial charge is 0.224 e. The monoisotopic (exact) mass is 342 g/mol. The largest absolute Gasteiger partial charge is 0.326 e. The Balaban J connectivity index is 1.49. The van der Waals surface area contributed by atoms with Crippen molar-refractivity contribution in [1.29, 1.82) is 0 Å². The highest BCUT2D eigenvalue weighted by Crippen LogP contribution is 2.36. The highest BCUT2D eigenvalue weighted by molar-refractivity contribution is 5.94. The van der Waals surface area contributed by atoms with Crippen molar-refractivity contribution in [2.45, 2.75) is 64.7 Å². The second-order valence-corrected chi connectivity index (χ2v) is 8.26. The molecule has 0 bridgehead atoms. The van der Waals surface area contributed by atoms with Gasteiger partial charge < -0.3 is 10.2 Å². The first kappa shape index (κ1) is 18.4. The standard InChI is InChI=1S/C22H34N2O/c1-3-4-7-18-10-12-24(13-11-18)16-17(2)14-19-15-22(25)23-21-9-6-5-8-20(19)21/h5-6,8-9,17-19H,3-4,7,10-16H2,1-2H3,(H,23,25)/t17-,19+/m0/s1. The van der Waals surface area contributed by atoms with Crippen LogP contribution in [0, 0.1) is 11.8 Å². The lowest BCUT2D eigenvalue weighted by molar-refractivity contribution is -0.116. The predicted octanol–water partition coefficient (Wildman–Crippen LogP) is 5.04. The predicted molar refractivity (Wildman–Crippen MR) is 105 cm³/mol. The number of benzene rings is 1. The normalized spacial score (nSPS) is 23.1. The van der Waals surface area contributed by atoms with Gasteiger partial charge in [-0.1, -0.05) is 51.3 Å². The quantitative estimate of drug-likeness (QED) is 0.753. The van der Waals surface area contributed by atoms with Gasteiger partial charge in [-0.05, 0) is 61.7 Å². The average molecular weight is 343 g/mol. The Bertz CT molecular complexity index is 563. The van der Waals surface area contributed by atoms with Crippen LogP contribution in [0.1, 0.15) is 70.3 Å². The SMILES string of the molecule is CCCCC1CCN(C[C@@H](C)C[C@@H]2CC(=O)Nc3ccccc32)CC1. The molecule has 0 spiro atoms. The number of nitrogens with one attached hydrogen (secondary N) is 1. The summed E-state index contributed by atoms with van der Waals surface area (Å²) in [7, 11) is 0. The van der Waals surface area contributed by atoms with E-state index in [2.05, 4.69) is 36.2 Å². The molecule has 1 saturated heterocycles. The number of hydrogen-bond donors (Lipinski definition) is 1. The van der Waals surface area contributed by atoms with E-state index in [0.29, 0.717) is 18.3 Å². The van der Waals surface area contributed by atoms with Gasteiger partial charge in [-0.2, -0.15) is 0 Å². The van der Waals surface area contributed by atoms with Crippen LogP contribution in [0.15, 0.2) is 24.3 Å². The highest BCUT2D eigenvalue weighted by Gasteiger charge is 2.27. The average Bonchev–Trinajstić information content (AvgIpc) is 2.61. The Morgan fingerprint density at radius 1 is 1.24 bits per heavy atom. The summed E-state index contributed by atoms with van der Waals surface area (Å²) in [5.74, 6) is 2.14. The number of hydrogen-bond acceptors (Lipinski definition) is 2. The lowest BCUT2D eigenvalue weighted by Crippen LogP contribution is -2.37. The molecule has 0 radical (unpaired) electrons. The van der Waals surface area contributed by atoms with Gasteiger partial charge in [-0.15, -0.1) is 0 Å². The van der Waals surface area contributed by atoms with E-state index in [1.807, 2.05) is 12.1 Å². The zero-order chi connectivity index (χ0) is 17.6. The number of para-hydroxylation sites is 1. The number of piperidine rings is 1. The van der Waals surface area contributed by atoms with Gasteiger partial charge >= 0.3 is 0 Å². The minimum atomic E-state index is 0.174. The summed E-state index contributed by atoms with van der Waals surface area (Å²) in [5, 5.41) is 3.02. The molecule has 0 saturated carbocycles. The van der Waals surface area contributed by atoms with Crippen molar-refractivity contribution in [1.82, 2.24) is 4.90 Å². The van der Waals surface area contributed by atoms with E-state index < -0.39 is 0 Å². The van der Waals surface area contributed by atoms with Crippen LogP contribution in [-0.2, 0) is 4.79 Å². The summed E-state index contributed by atoms with van der Waals surface area (Å²) in [6.07, 6.45) is 8.65. The van der Waals surface area contributed by atoms with E-state index in [-0.39, 0.29) is 5.91 Å². The molecule has 138 valence electrons.